The minimum absolute atomic E-state index is 0.0803. The van der Waals surface area contributed by atoms with Gasteiger partial charge in [0, 0.05) is 30.4 Å². The molecule has 2 fully saturated rings. The number of hydrogen-bond acceptors (Lipinski definition) is 4. The second-order valence-electron chi connectivity index (χ2n) is 6.40. The van der Waals surface area contributed by atoms with Crippen molar-refractivity contribution in [2.24, 2.45) is 5.92 Å². The van der Waals surface area contributed by atoms with Gasteiger partial charge in [0.05, 0.1) is 5.52 Å². The van der Waals surface area contributed by atoms with E-state index in [1.165, 1.54) is 18.5 Å². The van der Waals surface area contributed by atoms with Gasteiger partial charge in [-0.3, -0.25) is 4.79 Å². The molecule has 1 aromatic heterocycles. The van der Waals surface area contributed by atoms with E-state index in [1.54, 1.807) is 6.07 Å². The summed E-state index contributed by atoms with van der Waals surface area (Å²) in [4.78, 5) is 22.8. The number of aromatic nitrogens is 2. The van der Waals surface area contributed by atoms with Crippen LogP contribution in [-0.2, 0) is 4.79 Å². The fourth-order valence-electron chi connectivity index (χ4n) is 3.17. The first-order valence-corrected chi connectivity index (χ1v) is 8.16. The largest absolute Gasteiger partial charge is 0.356 e. The van der Waals surface area contributed by atoms with Gasteiger partial charge in [-0.15, -0.1) is 0 Å². The lowest BCUT2D eigenvalue weighted by atomic mass is 9.95. The Kier molecular flexibility index (Phi) is 3.59. The van der Waals surface area contributed by atoms with E-state index in [4.69, 9.17) is 0 Å². The van der Waals surface area contributed by atoms with E-state index in [0.29, 0.717) is 6.04 Å². The van der Waals surface area contributed by atoms with Crippen molar-refractivity contribution in [2.75, 3.05) is 18.0 Å². The lowest BCUT2D eigenvalue weighted by Crippen LogP contribution is -2.41. The molecule has 2 heterocycles. The molecule has 1 saturated heterocycles. The molecule has 6 heteroatoms. The minimum atomic E-state index is -0.285. The number of anilines is 1. The lowest BCUT2D eigenvalue weighted by molar-refractivity contribution is -0.125. The molecular weight excluding hydrogens is 295 g/mol. The van der Waals surface area contributed by atoms with Crippen LogP contribution in [0.15, 0.2) is 24.5 Å². The standard InChI is InChI=1S/C17H19FN4O/c18-12-1-4-15-14(9-12)16(20-10-19-15)22-7-5-11(6-8-22)17(23)21-13-2-3-13/h1,4,9-11,13H,2-3,5-8H2,(H,21,23). The summed E-state index contributed by atoms with van der Waals surface area (Å²) in [7, 11) is 0. The molecule has 23 heavy (non-hydrogen) atoms. The van der Waals surface area contributed by atoms with Crippen molar-refractivity contribution in [1.82, 2.24) is 15.3 Å². The Morgan fingerprint density at radius 3 is 2.70 bits per heavy atom. The molecule has 0 radical (unpaired) electrons. The highest BCUT2D eigenvalue weighted by atomic mass is 19.1. The van der Waals surface area contributed by atoms with E-state index < -0.39 is 0 Å². The van der Waals surface area contributed by atoms with E-state index in [-0.39, 0.29) is 17.6 Å². The lowest BCUT2D eigenvalue weighted by Gasteiger charge is -2.32. The Balaban J connectivity index is 1.49. The number of amides is 1. The number of rotatable bonds is 3. The monoisotopic (exact) mass is 314 g/mol. The van der Waals surface area contributed by atoms with Crippen LogP contribution in [0.1, 0.15) is 25.7 Å². The maximum absolute atomic E-state index is 13.6. The van der Waals surface area contributed by atoms with Crippen LogP contribution in [0.3, 0.4) is 0 Å². The molecule has 2 aliphatic rings. The number of halogens is 1. The van der Waals surface area contributed by atoms with Crippen molar-refractivity contribution in [2.45, 2.75) is 31.7 Å². The van der Waals surface area contributed by atoms with Crippen LogP contribution in [-0.4, -0.2) is 35.0 Å². The smallest absolute Gasteiger partial charge is 0.223 e. The number of nitrogens with one attached hydrogen (secondary N) is 1. The molecule has 1 aliphatic heterocycles. The van der Waals surface area contributed by atoms with Crippen molar-refractivity contribution < 1.29 is 9.18 Å². The van der Waals surface area contributed by atoms with Gasteiger partial charge in [-0.25, -0.2) is 14.4 Å². The summed E-state index contributed by atoms with van der Waals surface area (Å²) >= 11 is 0. The second kappa shape index (κ2) is 5.76. The Labute approximate surface area is 133 Å². The van der Waals surface area contributed by atoms with Crippen LogP contribution >= 0.6 is 0 Å². The summed E-state index contributed by atoms with van der Waals surface area (Å²) < 4.78 is 13.6. The van der Waals surface area contributed by atoms with Crippen LogP contribution < -0.4 is 10.2 Å². The van der Waals surface area contributed by atoms with Gasteiger partial charge in [-0.1, -0.05) is 0 Å². The average molecular weight is 314 g/mol. The van der Waals surface area contributed by atoms with Gasteiger partial charge < -0.3 is 10.2 Å². The van der Waals surface area contributed by atoms with Gasteiger partial charge >= 0.3 is 0 Å². The van der Waals surface area contributed by atoms with Crippen LogP contribution in [0.2, 0.25) is 0 Å². The molecule has 1 aliphatic carbocycles. The van der Waals surface area contributed by atoms with E-state index in [1.807, 2.05) is 0 Å². The summed E-state index contributed by atoms with van der Waals surface area (Å²) in [6.07, 6.45) is 5.35. The summed E-state index contributed by atoms with van der Waals surface area (Å²) in [5, 5.41) is 3.81. The van der Waals surface area contributed by atoms with Gasteiger partial charge in [-0.2, -0.15) is 0 Å². The van der Waals surface area contributed by atoms with Crippen molar-refractivity contribution in [3.63, 3.8) is 0 Å². The van der Waals surface area contributed by atoms with Gasteiger partial charge in [0.1, 0.15) is 18.0 Å². The predicted molar refractivity (Wildman–Crippen MR) is 85.6 cm³/mol. The number of benzene rings is 1. The summed E-state index contributed by atoms with van der Waals surface area (Å²) in [5.74, 6) is 0.741. The number of nitrogens with zero attached hydrogens (tertiary/aromatic N) is 3. The number of piperidine rings is 1. The quantitative estimate of drug-likeness (QED) is 0.944. The maximum Gasteiger partial charge on any atom is 0.223 e. The normalized spacial score (nSPS) is 19.1. The molecule has 1 saturated carbocycles. The first-order chi connectivity index (χ1) is 11.2. The summed E-state index contributed by atoms with van der Waals surface area (Å²) in [6, 6.07) is 4.98. The first kappa shape index (κ1) is 14.4. The van der Waals surface area contributed by atoms with E-state index >= 15 is 0 Å². The molecule has 0 bridgehead atoms. The minimum Gasteiger partial charge on any atom is -0.356 e. The number of hydrogen-bond donors (Lipinski definition) is 1. The summed E-state index contributed by atoms with van der Waals surface area (Å²) in [5.41, 5.74) is 0.741. The van der Waals surface area contributed by atoms with Gasteiger partial charge in [0.2, 0.25) is 5.91 Å². The zero-order valence-corrected chi connectivity index (χ0v) is 12.8. The highest BCUT2D eigenvalue weighted by Crippen LogP contribution is 2.28. The Morgan fingerprint density at radius 2 is 1.96 bits per heavy atom. The number of carbonyl (C=O) groups is 1. The zero-order chi connectivity index (χ0) is 15.8. The van der Waals surface area contributed by atoms with Crippen LogP contribution in [0.5, 0.6) is 0 Å². The molecule has 1 aromatic carbocycles. The zero-order valence-electron chi connectivity index (χ0n) is 12.8. The Bertz CT molecular complexity index is 738. The topological polar surface area (TPSA) is 58.1 Å². The van der Waals surface area contributed by atoms with Crippen molar-refractivity contribution in [3.8, 4) is 0 Å². The van der Waals surface area contributed by atoms with Gasteiger partial charge in [0.15, 0.2) is 0 Å². The highest BCUT2D eigenvalue weighted by molar-refractivity contribution is 5.89. The van der Waals surface area contributed by atoms with E-state index in [9.17, 15) is 9.18 Å². The molecule has 1 amide bonds. The molecular formula is C17H19FN4O. The Morgan fingerprint density at radius 1 is 1.17 bits per heavy atom. The van der Waals surface area contributed by atoms with Crippen molar-refractivity contribution >= 4 is 22.6 Å². The first-order valence-electron chi connectivity index (χ1n) is 8.16. The Hall–Kier alpha value is -2.24. The third-order valence-corrected chi connectivity index (χ3v) is 4.67. The number of carbonyl (C=O) groups excluding carboxylic acids is 1. The van der Waals surface area contributed by atoms with Crippen molar-refractivity contribution in [3.05, 3.63) is 30.3 Å². The molecule has 1 N–H and O–H groups in total. The molecule has 4 rings (SSSR count). The van der Waals surface area contributed by atoms with Crippen LogP contribution in [0, 0.1) is 11.7 Å². The molecule has 5 nitrogen and oxygen atoms in total. The maximum atomic E-state index is 13.6. The van der Waals surface area contributed by atoms with Crippen molar-refractivity contribution in [1.29, 1.82) is 0 Å². The second-order valence-corrected chi connectivity index (χ2v) is 6.40. The molecule has 0 atom stereocenters. The summed E-state index contributed by atoms with van der Waals surface area (Å²) in [6.45, 7) is 1.51. The van der Waals surface area contributed by atoms with Crippen LogP contribution in [0.4, 0.5) is 10.2 Å². The predicted octanol–water partition coefficient (Wildman–Crippen LogP) is 2.26. The van der Waals surface area contributed by atoms with E-state index in [0.717, 1.165) is 55.5 Å². The van der Waals surface area contributed by atoms with Gasteiger partial charge in [0.25, 0.3) is 0 Å². The fourth-order valence-corrected chi connectivity index (χ4v) is 3.17. The van der Waals surface area contributed by atoms with Gasteiger partial charge in [-0.05, 0) is 43.9 Å². The SMILES string of the molecule is O=C(NC1CC1)C1CCN(c2ncnc3ccc(F)cc23)CC1. The highest BCUT2D eigenvalue weighted by Gasteiger charge is 2.30. The molecule has 120 valence electrons. The number of fused-ring (bicyclic) bond motifs is 1. The third kappa shape index (κ3) is 2.98. The average Bonchev–Trinajstić information content (AvgIpc) is 3.38. The van der Waals surface area contributed by atoms with Crippen LogP contribution in [0.25, 0.3) is 10.9 Å². The van der Waals surface area contributed by atoms with E-state index in [2.05, 4.69) is 20.2 Å². The molecule has 0 unspecified atom stereocenters. The fraction of sp³-hybridized carbons (Fsp3) is 0.471. The third-order valence-electron chi connectivity index (χ3n) is 4.67. The molecule has 2 aromatic rings. The molecule has 0 spiro atoms.